The summed E-state index contributed by atoms with van der Waals surface area (Å²) in [7, 11) is 1.64. The Morgan fingerprint density at radius 2 is 1.80 bits per heavy atom. The smallest absolute Gasteiger partial charge is 0.254 e. The minimum absolute atomic E-state index is 0.109. The van der Waals surface area contributed by atoms with Crippen LogP contribution in [0.3, 0.4) is 0 Å². The van der Waals surface area contributed by atoms with E-state index in [0.29, 0.717) is 0 Å². The van der Waals surface area contributed by atoms with E-state index in [1.165, 1.54) is 5.56 Å². The fourth-order valence-electron chi connectivity index (χ4n) is 3.41. The lowest BCUT2D eigenvalue weighted by atomic mass is 10.1. The normalized spacial score (nSPS) is 15.7. The number of amides is 1. The fourth-order valence-corrected chi connectivity index (χ4v) is 3.41. The summed E-state index contributed by atoms with van der Waals surface area (Å²) in [5, 5.41) is 0. The van der Waals surface area contributed by atoms with Crippen molar-refractivity contribution < 1.29 is 9.53 Å². The van der Waals surface area contributed by atoms with Crippen molar-refractivity contribution in [2.45, 2.75) is 19.9 Å². The number of rotatable bonds is 4. The highest BCUT2D eigenvalue weighted by Gasteiger charge is 2.22. The number of methoxy groups -OCH3 is 1. The van der Waals surface area contributed by atoms with Crippen molar-refractivity contribution in [2.75, 3.05) is 33.3 Å². The summed E-state index contributed by atoms with van der Waals surface area (Å²) >= 11 is 0. The molecule has 1 saturated heterocycles. The third-order valence-corrected chi connectivity index (χ3v) is 4.86. The molecule has 0 saturated carbocycles. The largest absolute Gasteiger partial charge is 0.496 e. The van der Waals surface area contributed by atoms with Gasteiger partial charge in [-0.05, 0) is 31.0 Å². The van der Waals surface area contributed by atoms with Gasteiger partial charge in [0.05, 0.1) is 7.11 Å². The van der Waals surface area contributed by atoms with Crippen LogP contribution in [0.5, 0.6) is 5.75 Å². The molecule has 1 amide bonds. The van der Waals surface area contributed by atoms with Crippen molar-refractivity contribution in [2.24, 2.45) is 0 Å². The maximum atomic E-state index is 13.0. The van der Waals surface area contributed by atoms with Crippen LogP contribution in [0, 0.1) is 6.92 Å². The number of ether oxygens (including phenoxy) is 1. The molecule has 3 rings (SSSR count). The van der Waals surface area contributed by atoms with Crippen LogP contribution < -0.4 is 4.74 Å². The number of nitrogens with zero attached hydrogens (tertiary/aromatic N) is 2. The van der Waals surface area contributed by atoms with E-state index in [4.69, 9.17) is 4.74 Å². The average molecular weight is 338 g/mol. The first kappa shape index (κ1) is 17.5. The predicted octanol–water partition coefficient (Wildman–Crippen LogP) is 3.35. The zero-order valence-corrected chi connectivity index (χ0v) is 15.1. The number of hydrogen-bond donors (Lipinski definition) is 0. The van der Waals surface area contributed by atoms with Crippen LogP contribution in [0.25, 0.3) is 0 Å². The summed E-state index contributed by atoms with van der Waals surface area (Å²) in [5.41, 5.74) is 2.99. The van der Waals surface area contributed by atoms with Crippen molar-refractivity contribution in [1.29, 1.82) is 0 Å². The number of carbonyl (C=O) groups excluding carboxylic acids is 1. The van der Waals surface area contributed by atoms with E-state index in [2.05, 4.69) is 29.2 Å². The molecule has 0 unspecified atom stereocenters. The molecule has 1 fully saturated rings. The highest BCUT2D eigenvalue weighted by Crippen LogP contribution is 2.22. The molecule has 0 aromatic heterocycles. The molecular weight excluding hydrogens is 312 g/mol. The predicted molar refractivity (Wildman–Crippen MR) is 100.0 cm³/mol. The Hall–Kier alpha value is -2.33. The Kier molecular flexibility index (Phi) is 5.71. The fraction of sp³-hybridized carbons (Fsp3) is 0.381. The van der Waals surface area contributed by atoms with Gasteiger partial charge in [0.1, 0.15) is 5.75 Å². The third kappa shape index (κ3) is 4.20. The summed E-state index contributed by atoms with van der Waals surface area (Å²) in [6.45, 7) is 6.40. The SMILES string of the molecule is COc1cccc(C(=O)N2CCCN(Cc3ccccc3)CC2)c1C. The second kappa shape index (κ2) is 8.17. The van der Waals surface area contributed by atoms with E-state index >= 15 is 0 Å². The second-order valence-corrected chi connectivity index (χ2v) is 6.54. The molecule has 4 nitrogen and oxygen atoms in total. The molecule has 1 heterocycles. The Bertz CT molecular complexity index is 715. The molecule has 1 aliphatic heterocycles. The summed E-state index contributed by atoms with van der Waals surface area (Å²) in [5.74, 6) is 0.879. The van der Waals surface area contributed by atoms with Gasteiger partial charge in [-0.15, -0.1) is 0 Å². The minimum Gasteiger partial charge on any atom is -0.496 e. The maximum absolute atomic E-state index is 13.0. The highest BCUT2D eigenvalue weighted by molar-refractivity contribution is 5.96. The first-order valence-corrected chi connectivity index (χ1v) is 8.88. The van der Waals surface area contributed by atoms with E-state index in [1.807, 2.05) is 36.1 Å². The molecule has 4 heteroatoms. The zero-order valence-electron chi connectivity index (χ0n) is 15.1. The average Bonchev–Trinajstić information content (AvgIpc) is 2.88. The van der Waals surface area contributed by atoms with Gasteiger partial charge >= 0.3 is 0 Å². The first-order chi connectivity index (χ1) is 12.2. The zero-order chi connectivity index (χ0) is 17.6. The van der Waals surface area contributed by atoms with Gasteiger partial charge in [-0.1, -0.05) is 36.4 Å². The molecule has 2 aromatic carbocycles. The van der Waals surface area contributed by atoms with E-state index in [-0.39, 0.29) is 5.91 Å². The first-order valence-electron chi connectivity index (χ1n) is 8.88. The lowest BCUT2D eigenvalue weighted by molar-refractivity contribution is 0.0760. The molecular formula is C21H26N2O2. The van der Waals surface area contributed by atoms with Gasteiger partial charge < -0.3 is 9.64 Å². The van der Waals surface area contributed by atoms with Crippen molar-refractivity contribution >= 4 is 5.91 Å². The van der Waals surface area contributed by atoms with Crippen LogP contribution >= 0.6 is 0 Å². The lowest BCUT2D eigenvalue weighted by Crippen LogP contribution is -2.35. The van der Waals surface area contributed by atoms with Crippen molar-refractivity contribution in [3.05, 3.63) is 65.2 Å². The van der Waals surface area contributed by atoms with Crippen LogP contribution in [0.4, 0.5) is 0 Å². The molecule has 0 bridgehead atoms. The third-order valence-electron chi connectivity index (χ3n) is 4.86. The van der Waals surface area contributed by atoms with Crippen LogP contribution in [0.2, 0.25) is 0 Å². The van der Waals surface area contributed by atoms with Crippen LogP contribution in [-0.4, -0.2) is 49.0 Å². The minimum atomic E-state index is 0.109. The molecule has 0 spiro atoms. The topological polar surface area (TPSA) is 32.8 Å². The summed E-state index contributed by atoms with van der Waals surface area (Å²) in [6, 6.07) is 16.2. The quantitative estimate of drug-likeness (QED) is 0.857. The monoisotopic (exact) mass is 338 g/mol. The van der Waals surface area contributed by atoms with E-state index in [1.54, 1.807) is 7.11 Å². The summed E-state index contributed by atoms with van der Waals surface area (Å²) in [6.07, 6.45) is 1.00. The molecule has 132 valence electrons. The number of carbonyl (C=O) groups is 1. The summed E-state index contributed by atoms with van der Waals surface area (Å²) < 4.78 is 5.35. The second-order valence-electron chi connectivity index (χ2n) is 6.54. The molecule has 0 aliphatic carbocycles. The van der Waals surface area contributed by atoms with Crippen molar-refractivity contribution in [3.8, 4) is 5.75 Å². The van der Waals surface area contributed by atoms with Gasteiger partial charge in [-0.2, -0.15) is 0 Å². The Balaban J connectivity index is 1.66. The van der Waals surface area contributed by atoms with Crippen LogP contribution in [0.15, 0.2) is 48.5 Å². The Morgan fingerprint density at radius 1 is 1.00 bits per heavy atom. The van der Waals surface area contributed by atoms with Gasteiger partial charge in [0, 0.05) is 43.9 Å². The molecule has 25 heavy (non-hydrogen) atoms. The number of benzene rings is 2. The van der Waals surface area contributed by atoms with Crippen molar-refractivity contribution in [1.82, 2.24) is 9.80 Å². The lowest BCUT2D eigenvalue weighted by Gasteiger charge is -2.23. The van der Waals surface area contributed by atoms with Gasteiger partial charge in [0.25, 0.3) is 5.91 Å². The molecule has 0 N–H and O–H groups in total. The Morgan fingerprint density at radius 3 is 2.56 bits per heavy atom. The number of hydrogen-bond acceptors (Lipinski definition) is 3. The van der Waals surface area contributed by atoms with E-state index in [9.17, 15) is 4.79 Å². The molecule has 0 radical (unpaired) electrons. The molecule has 1 aliphatic rings. The van der Waals surface area contributed by atoms with Gasteiger partial charge in [0.15, 0.2) is 0 Å². The standard InChI is InChI=1S/C21H26N2O2/c1-17-19(10-6-11-20(17)25-2)21(24)23-13-7-12-22(14-15-23)16-18-8-4-3-5-9-18/h3-6,8-11H,7,12-16H2,1-2H3. The maximum Gasteiger partial charge on any atom is 0.254 e. The summed E-state index contributed by atoms with van der Waals surface area (Å²) in [4.78, 5) is 17.4. The van der Waals surface area contributed by atoms with Gasteiger partial charge in [-0.3, -0.25) is 9.69 Å². The van der Waals surface area contributed by atoms with Gasteiger partial charge in [0.2, 0.25) is 0 Å². The van der Waals surface area contributed by atoms with E-state index in [0.717, 1.165) is 56.0 Å². The molecule has 2 aromatic rings. The Labute approximate surface area is 150 Å². The van der Waals surface area contributed by atoms with Crippen LogP contribution in [0.1, 0.15) is 27.9 Å². The van der Waals surface area contributed by atoms with Gasteiger partial charge in [-0.25, -0.2) is 0 Å². The van der Waals surface area contributed by atoms with Crippen LogP contribution in [-0.2, 0) is 6.54 Å². The van der Waals surface area contributed by atoms with E-state index < -0.39 is 0 Å². The molecule has 0 atom stereocenters. The highest BCUT2D eigenvalue weighted by atomic mass is 16.5. The van der Waals surface area contributed by atoms with Crippen molar-refractivity contribution in [3.63, 3.8) is 0 Å².